The van der Waals surface area contributed by atoms with Crippen LogP contribution in [0.15, 0.2) is 18.2 Å². The highest BCUT2D eigenvalue weighted by atomic mass is 16.1. The maximum Gasteiger partial charge on any atom is 0.225 e. The van der Waals surface area contributed by atoms with Gasteiger partial charge in [0.25, 0.3) is 0 Å². The van der Waals surface area contributed by atoms with Crippen LogP contribution < -0.4 is 11.1 Å². The van der Waals surface area contributed by atoms with E-state index < -0.39 is 0 Å². The lowest BCUT2D eigenvalue weighted by molar-refractivity contribution is -0.119. The SMILES string of the molecule is CNC(=O)Cc1[nH]nc2ccc(N)cc12. The number of fused-ring (bicyclic) bond motifs is 1. The number of carbonyl (C=O) groups is 1. The number of carbonyl (C=O) groups excluding carboxylic acids is 1. The van der Waals surface area contributed by atoms with Crippen molar-refractivity contribution in [1.82, 2.24) is 15.5 Å². The van der Waals surface area contributed by atoms with Crippen LogP contribution >= 0.6 is 0 Å². The number of anilines is 1. The van der Waals surface area contributed by atoms with Gasteiger partial charge in [-0.15, -0.1) is 0 Å². The Hall–Kier alpha value is -2.04. The predicted octanol–water partition coefficient (Wildman–Crippen LogP) is 0.434. The van der Waals surface area contributed by atoms with Crippen LogP contribution in [0.3, 0.4) is 0 Å². The van der Waals surface area contributed by atoms with Crippen molar-refractivity contribution in [3.63, 3.8) is 0 Å². The molecule has 1 heterocycles. The fraction of sp³-hybridized carbons (Fsp3) is 0.200. The van der Waals surface area contributed by atoms with Crippen molar-refractivity contribution in [3.05, 3.63) is 23.9 Å². The monoisotopic (exact) mass is 204 g/mol. The zero-order chi connectivity index (χ0) is 10.8. The van der Waals surface area contributed by atoms with Crippen LogP contribution in [0.25, 0.3) is 10.9 Å². The molecule has 0 aliphatic carbocycles. The summed E-state index contributed by atoms with van der Waals surface area (Å²) in [5, 5.41) is 10.4. The summed E-state index contributed by atoms with van der Waals surface area (Å²) >= 11 is 0. The summed E-state index contributed by atoms with van der Waals surface area (Å²) in [4.78, 5) is 11.2. The number of aromatic nitrogens is 2. The molecule has 2 aromatic rings. The average molecular weight is 204 g/mol. The minimum absolute atomic E-state index is 0.0528. The number of aromatic amines is 1. The number of benzene rings is 1. The Morgan fingerprint density at radius 1 is 1.60 bits per heavy atom. The molecular weight excluding hydrogens is 192 g/mol. The second-order valence-electron chi connectivity index (χ2n) is 3.33. The van der Waals surface area contributed by atoms with Gasteiger partial charge < -0.3 is 11.1 Å². The average Bonchev–Trinajstić information content (AvgIpc) is 2.61. The molecule has 0 bridgehead atoms. The van der Waals surface area contributed by atoms with Gasteiger partial charge >= 0.3 is 0 Å². The van der Waals surface area contributed by atoms with E-state index in [-0.39, 0.29) is 12.3 Å². The van der Waals surface area contributed by atoms with Crippen LogP contribution in [-0.2, 0) is 11.2 Å². The van der Waals surface area contributed by atoms with Gasteiger partial charge in [-0.25, -0.2) is 0 Å². The molecule has 0 radical (unpaired) electrons. The van der Waals surface area contributed by atoms with Gasteiger partial charge in [0, 0.05) is 18.1 Å². The van der Waals surface area contributed by atoms with Gasteiger partial charge in [-0.1, -0.05) is 0 Å². The Labute approximate surface area is 86.7 Å². The van der Waals surface area contributed by atoms with E-state index in [0.29, 0.717) is 5.69 Å². The molecule has 0 saturated carbocycles. The van der Waals surface area contributed by atoms with Gasteiger partial charge in [-0.3, -0.25) is 9.89 Å². The first-order chi connectivity index (χ1) is 7.20. The van der Waals surface area contributed by atoms with Crippen molar-refractivity contribution in [3.8, 4) is 0 Å². The topological polar surface area (TPSA) is 83.8 Å². The highest BCUT2D eigenvalue weighted by Gasteiger charge is 2.08. The lowest BCUT2D eigenvalue weighted by atomic mass is 10.1. The summed E-state index contributed by atoms with van der Waals surface area (Å²) in [6.07, 6.45) is 0.288. The summed E-state index contributed by atoms with van der Waals surface area (Å²) in [5.41, 5.74) is 7.95. The summed E-state index contributed by atoms with van der Waals surface area (Å²) in [5.74, 6) is -0.0528. The number of H-pyrrole nitrogens is 1. The van der Waals surface area contributed by atoms with E-state index in [1.807, 2.05) is 12.1 Å². The fourth-order valence-corrected chi connectivity index (χ4v) is 1.46. The van der Waals surface area contributed by atoms with E-state index in [2.05, 4.69) is 15.5 Å². The minimum Gasteiger partial charge on any atom is -0.399 e. The van der Waals surface area contributed by atoms with E-state index in [9.17, 15) is 4.79 Å². The van der Waals surface area contributed by atoms with Crippen molar-refractivity contribution in [1.29, 1.82) is 0 Å². The zero-order valence-electron chi connectivity index (χ0n) is 8.37. The first kappa shape index (κ1) is 9.51. The van der Waals surface area contributed by atoms with Gasteiger partial charge in [0.05, 0.1) is 17.6 Å². The number of hydrogen-bond acceptors (Lipinski definition) is 3. The van der Waals surface area contributed by atoms with Crippen LogP contribution in [0.5, 0.6) is 0 Å². The number of nitrogens with two attached hydrogens (primary N) is 1. The molecule has 0 fully saturated rings. The van der Waals surface area contributed by atoms with E-state index >= 15 is 0 Å². The van der Waals surface area contributed by atoms with Crippen LogP contribution in [0.2, 0.25) is 0 Å². The molecule has 0 aliphatic rings. The van der Waals surface area contributed by atoms with Gasteiger partial charge in [-0.05, 0) is 18.2 Å². The molecule has 1 amide bonds. The number of nitrogens with zero attached hydrogens (tertiary/aromatic N) is 1. The molecule has 78 valence electrons. The van der Waals surface area contributed by atoms with Crippen molar-refractivity contribution < 1.29 is 4.79 Å². The number of nitrogens with one attached hydrogen (secondary N) is 2. The molecule has 5 nitrogen and oxygen atoms in total. The maximum atomic E-state index is 11.2. The van der Waals surface area contributed by atoms with Gasteiger partial charge in [0.2, 0.25) is 5.91 Å². The van der Waals surface area contributed by atoms with Crippen LogP contribution in [0, 0.1) is 0 Å². The third-order valence-corrected chi connectivity index (χ3v) is 2.27. The number of likely N-dealkylation sites (N-methyl/N-ethyl adjacent to an activating group) is 1. The quantitative estimate of drug-likeness (QED) is 0.620. The van der Waals surface area contributed by atoms with Crippen LogP contribution in [0.4, 0.5) is 5.69 Å². The summed E-state index contributed by atoms with van der Waals surface area (Å²) in [6, 6.07) is 5.43. The summed E-state index contributed by atoms with van der Waals surface area (Å²) in [6.45, 7) is 0. The van der Waals surface area contributed by atoms with Crippen molar-refractivity contribution >= 4 is 22.5 Å². The van der Waals surface area contributed by atoms with E-state index in [4.69, 9.17) is 5.73 Å². The molecule has 5 heteroatoms. The van der Waals surface area contributed by atoms with Crippen molar-refractivity contribution in [2.75, 3.05) is 12.8 Å². The molecule has 15 heavy (non-hydrogen) atoms. The third-order valence-electron chi connectivity index (χ3n) is 2.27. The molecule has 0 spiro atoms. The second-order valence-corrected chi connectivity index (χ2v) is 3.33. The highest BCUT2D eigenvalue weighted by Crippen LogP contribution is 2.19. The molecule has 1 aromatic heterocycles. The lowest BCUT2D eigenvalue weighted by Gasteiger charge is -1.98. The first-order valence-electron chi connectivity index (χ1n) is 4.64. The largest absolute Gasteiger partial charge is 0.399 e. The second kappa shape index (κ2) is 3.61. The smallest absolute Gasteiger partial charge is 0.225 e. The Morgan fingerprint density at radius 2 is 2.40 bits per heavy atom. The molecule has 0 atom stereocenters. The zero-order valence-corrected chi connectivity index (χ0v) is 8.37. The molecule has 4 N–H and O–H groups in total. The minimum atomic E-state index is -0.0528. The third kappa shape index (κ3) is 1.76. The molecule has 0 aliphatic heterocycles. The van der Waals surface area contributed by atoms with Gasteiger partial charge in [-0.2, -0.15) is 5.10 Å². The maximum absolute atomic E-state index is 11.2. The molecule has 2 rings (SSSR count). The highest BCUT2D eigenvalue weighted by molar-refractivity contribution is 5.88. The van der Waals surface area contributed by atoms with Gasteiger partial charge in [0.1, 0.15) is 0 Å². The van der Waals surface area contributed by atoms with Crippen LogP contribution in [-0.4, -0.2) is 23.2 Å². The Balaban J connectivity index is 2.43. The summed E-state index contributed by atoms with van der Waals surface area (Å²) < 4.78 is 0. The van der Waals surface area contributed by atoms with E-state index in [1.54, 1.807) is 13.1 Å². The fourth-order valence-electron chi connectivity index (χ4n) is 1.46. The van der Waals surface area contributed by atoms with Gasteiger partial charge in [0.15, 0.2) is 0 Å². The Morgan fingerprint density at radius 3 is 3.13 bits per heavy atom. The standard InChI is InChI=1S/C10H12N4O/c1-12-10(15)5-9-7-4-6(11)2-3-8(7)13-14-9/h2-4H,5,11H2,1H3,(H,12,15)(H,13,14). The molecule has 1 aromatic carbocycles. The van der Waals surface area contributed by atoms with Crippen LogP contribution in [0.1, 0.15) is 5.69 Å². The number of amides is 1. The number of hydrogen-bond donors (Lipinski definition) is 3. The van der Waals surface area contributed by atoms with Crippen molar-refractivity contribution in [2.24, 2.45) is 0 Å². The van der Waals surface area contributed by atoms with Crippen molar-refractivity contribution in [2.45, 2.75) is 6.42 Å². The molecule has 0 unspecified atom stereocenters. The normalized spacial score (nSPS) is 10.5. The number of rotatable bonds is 2. The molecular formula is C10H12N4O. The first-order valence-corrected chi connectivity index (χ1v) is 4.64. The van der Waals surface area contributed by atoms with E-state index in [0.717, 1.165) is 16.6 Å². The Kier molecular flexibility index (Phi) is 2.29. The molecule has 0 saturated heterocycles. The number of nitrogen functional groups attached to an aromatic ring is 1. The lowest BCUT2D eigenvalue weighted by Crippen LogP contribution is -2.20. The summed E-state index contributed by atoms with van der Waals surface area (Å²) in [7, 11) is 1.61. The Bertz CT molecular complexity index is 503. The predicted molar refractivity (Wildman–Crippen MR) is 58.3 cm³/mol. The van der Waals surface area contributed by atoms with E-state index in [1.165, 1.54) is 0 Å².